The summed E-state index contributed by atoms with van der Waals surface area (Å²) in [7, 11) is 0. The molecule has 2 aliphatic heterocycles. The second kappa shape index (κ2) is 6.76. The molecule has 1 spiro atoms. The van der Waals surface area contributed by atoms with E-state index in [0.29, 0.717) is 6.54 Å². The van der Waals surface area contributed by atoms with Gasteiger partial charge in [0, 0.05) is 38.1 Å². The minimum Gasteiger partial charge on any atom is -0.481 e. The fourth-order valence-electron chi connectivity index (χ4n) is 3.18. The van der Waals surface area contributed by atoms with Gasteiger partial charge in [-0.1, -0.05) is 30.3 Å². The van der Waals surface area contributed by atoms with Crippen LogP contribution in [-0.4, -0.2) is 42.2 Å². The van der Waals surface area contributed by atoms with Crippen LogP contribution in [0.1, 0.15) is 5.56 Å². The number of carbonyl (C=O) groups is 1. The van der Waals surface area contributed by atoms with E-state index in [2.05, 4.69) is 22.3 Å². The van der Waals surface area contributed by atoms with E-state index in [-0.39, 0.29) is 36.1 Å². The van der Waals surface area contributed by atoms with Crippen molar-refractivity contribution in [3.63, 3.8) is 0 Å². The van der Waals surface area contributed by atoms with Crippen LogP contribution >= 0.6 is 24.8 Å². The van der Waals surface area contributed by atoms with Crippen LogP contribution in [0.3, 0.4) is 0 Å². The Balaban J connectivity index is 0.000001000. The summed E-state index contributed by atoms with van der Waals surface area (Å²) >= 11 is 0. The molecule has 2 N–H and O–H groups in total. The summed E-state index contributed by atoms with van der Waals surface area (Å²) in [6.07, 6.45) is 0. The summed E-state index contributed by atoms with van der Waals surface area (Å²) in [5, 5.41) is 12.6. The number of nitrogens with zero attached hydrogens (tertiary/aromatic N) is 1. The van der Waals surface area contributed by atoms with E-state index in [4.69, 9.17) is 0 Å². The molecule has 2 heterocycles. The summed E-state index contributed by atoms with van der Waals surface area (Å²) < 4.78 is 0. The van der Waals surface area contributed by atoms with Crippen LogP contribution in [0.25, 0.3) is 0 Å². The Morgan fingerprint density at radius 1 is 1.30 bits per heavy atom. The van der Waals surface area contributed by atoms with E-state index in [9.17, 15) is 9.90 Å². The number of rotatable bonds is 3. The number of aliphatic carboxylic acids is 1. The lowest BCUT2D eigenvalue weighted by molar-refractivity contribution is -0.145. The predicted octanol–water partition coefficient (Wildman–Crippen LogP) is 1.64. The highest BCUT2D eigenvalue weighted by Gasteiger charge is 2.53. The van der Waals surface area contributed by atoms with Crippen molar-refractivity contribution in [2.45, 2.75) is 6.54 Å². The number of nitrogens with one attached hydrogen (secondary N) is 1. The van der Waals surface area contributed by atoms with E-state index >= 15 is 0 Å². The lowest BCUT2D eigenvalue weighted by Gasteiger charge is -2.42. The van der Waals surface area contributed by atoms with Crippen LogP contribution in [0.15, 0.2) is 30.3 Å². The zero-order valence-electron chi connectivity index (χ0n) is 11.1. The standard InChI is InChI=1S/C14H18N2O2.2ClH/c17-13(18)12-7-16(10-14(12)8-15-9-14)6-11-4-2-1-3-5-11;;/h1-5,12,15H,6-10H2,(H,17,18);2*1H. The maximum atomic E-state index is 11.4. The van der Waals surface area contributed by atoms with Crippen molar-refractivity contribution in [1.82, 2.24) is 10.2 Å². The van der Waals surface area contributed by atoms with Gasteiger partial charge >= 0.3 is 5.97 Å². The van der Waals surface area contributed by atoms with Gasteiger partial charge < -0.3 is 10.4 Å². The van der Waals surface area contributed by atoms with Crippen LogP contribution in [0.2, 0.25) is 0 Å². The van der Waals surface area contributed by atoms with Crippen molar-refractivity contribution < 1.29 is 9.90 Å². The lowest BCUT2D eigenvalue weighted by Crippen LogP contribution is -2.59. The molecule has 3 rings (SSSR count). The molecule has 20 heavy (non-hydrogen) atoms. The zero-order valence-corrected chi connectivity index (χ0v) is 12.8. The lowest BCUT2D eigenvalue weighted by atomic mass is 9.73. The van der Waals surface area contributed by atoms with Gasteiger partial charge in [-0.3, -0.25) is 9.69 Å². The van der Waals surface area contributed by atoms with Crippen molar-refractivity contribution in [1.29, 1.82) is 0 Å². The largest absolute Gasteiger partial charge is 0.481 e. The maximum Gasteiger partial charge on any atom is 0.308 e. The van der Waals surface area contributed by atoms with Gasteiger partial charge in [0.25, 0.3) is 0 Å². The quantitative estimate of drug-likeness (QED) is 0.889. The molecule has 112 valence electrons. The third-order valence-electron chi connectivity index (χ3n) is 4.22. The number of benzene rings is 1. The van der Waals surface area contributed by atoms with Gasteiger partial charge in [-0.25, -0.2) is 0 Å². The van der Waals surface area contributed by atoms with Crippen LogP contribution in [0.4, 0.5) is 0 Å². The van der Waals surface area contributed by atoms with Crippen LogP contribution < -0.4 is 5.32 Å². The highest BCUT2D eigenvalue weighted by Crippen LogP contribution is 2.40. The monoisotopic (exact) mass is 318 g/mol. The summed E-state index contributed by atoms with van der Waals surface area (Å²) in [5.74, 6) is -0.866. The van der Waals surface area contributed by atoms with Gasteiger partial charge in [-0.05, 0) is 5.56 Å². The van der Waals surface area contributed by atoms with E-state index in [0.717, 1.165) is 26.2 Å². The molecule has 0 bridgehead atoms. The molecular formula is C14H20Cl2N2O2. The molecule has 1 aromatic carbocycles. The van der Waals surface area contributed by atoms with Crippen molar-refractivity contribution in [2.24, 2.45) is 11.3 Å². The van der Waals surface area contributed by atoms with Gasteiger partial charge in [-0.15, -0.1) is 24.8 Å². The van der Waals surface area contributed by atoms with Gasteiger partial charge in [0.15, 0.2) is 0 Å². The second-order valence-electron chi connectivity index (χ2n) is 5.51. The Labute approximate surface area is 131 Å². The second-order valence-corrected chi connectivity index (χ2v) is 5.51. The van der Waals surface area contributed by atoms with Crippen molar-refractivity contribution in [3.05, 3.63) is 35.9 Å². The van der Waals surface area contributed by atoms with E-state index in [1.165, 1.54) is 5.56 Å². The number of hydrogen-bond acceptors (Lipinski definition) is 3. The third-order valence-corrected chi connectivity index (χ3v) is 4.22. The van der Waals surface area contributed by atoms with E-state index in [1.807, 2.05) is 18.2 Å². The summed E-state index contributed by atoms with van der Waals surface area (Å²) in [5.41, 5.74) is 1.23. The number of carboxylic acid groups (broad SMARTS) is 1. The number of halogens is 2. The summed E-state index contributed by atoms with van der Waals surface area (Å²) in [6, 6.07) is 10.3. The fourth-order valence-corrected chi connectivity index (χ4v) is 3.18. The molecular weight excluding hydrogens is 299 g/mol. The molecule has 0 amide bonds. The molecule has 0 aromatic heterocycles. The first-order chi connectivity index (χ1) is 8.70. The highest BCUT2D eigenvalue weighted by molar-refractivity contribution is 5.85. The average Bonchev–Trinajstić information content (AvgIpc) is 2.70. The van der Waals surface area contributed by atoms with Crippen molar-refractivity contribution in [3.8, 4) is 0 Å². The number of likely N-dealkylation sites (tertiary alicyclic amines) is 1. The third kappa shape index (κ3) is 3.09. The smallest absolute Gasteiger partial charge is 0.308 e. The Bertz CT molecular complexity index is 452. The molecule has 2 fully saturated rings. The SMILES string of the molecule is Cl.Cl.O=C(O)C1CN(Cc2ccccc2)CC12CNC2. The molecule has 4 nitrogen and oxygen atoms in total. The predicted molar refractivity (Wildman–Crippen MR) is 82.6 cm³/mol. The molecule has 0 aliphatic carbocycles. The van der Waals surface area contributed by atoms with Crippen LogP contribution in [-0.2, 0) is 11.3 Å². The zero-order chi connectivity index (χ0) is 12.6. The van der Waals surface area contributed by atoms with Crippen LogP contribution in [0.5, 0.6) is 0 Å². The van der Waals surface area contributed by atoms with Gasteiger partial charge in [0.1, 0.15) is 0 Å². The van der Waals surface area contributed by atoms with Crippen LogP contribution in [0, 0.1) is 11.3 Å². The highest BCUT2D eigenvalue weighted by atomic mass is 35.5. The maximum absolute atomic E-state index is 11.4. The van der Waals surface area contributed by atoms with E-state index in [1.54, 1.807) is 0 Å². The summed E-state index contributed by atoms with van der Waals surface area (Å²) in [6.45, 7) is 4.11. The molecule has 0 radical (unpaired) electrons. The van der Waals surface area contributed by atoms with Crippen molar-refractivity contribution >= 4 is 30.8 Å². The molecule has 6 heteroatoms. The molecule has 1 atom stereocenters. The first kappa shape index (κ1) is 17.2. The van der Waals surface area contributed by atoms with E-state index < -0.39 is 5.97 Å². The molecule has 0 saturated carbocycles. The Morgan fingerprint density at radius 2 is 1.95 bits per heavy atom. The Kier molecular flexibility index (Phi) is 5.83. The first-order valence-corrected chi connectivity index (χ1v) is 6.39. The Morgan fingerprint density at radius 3 is 2.40 bits per heavy atom. The average molecular weight is 319 g/mol. The molecule has 1 unspecified atom stereocenters. The molecule has 2 aliphatic rings. The number of carboxylic acids is 1. The number of hydrogen-bond donors (Lipinski definition) is 2. The molecule has 1 aromatic rings. The van der Waals surface area contributed by atoms with Crippen molar-refractivity contribution in [2.75, 3.05) is 26.2 Å². The fraction of sp³-hybridized carbons (Fsp3) is 0.500. The first-order valence-electron chi connectivity index (χ1n) is 6.39. The van der Waals surface area contributed by atoms with Gasteiger partial charge in [0.05, 0.1) is 5.92 Å². The topological polar surface area (TPSA) is 52.6 Å². The van der Waals surface area contributed by atoms with Gasteiger partial charge in [0.2, 0.25) is 0 Å². The summed E-state index contributed by atoms with van der Waals surface area (Å²) in [4.78, 5) is 13.6. The Hall–Kier alpha value is -0.810. The molecule has 2 saturated heterocycles. The minimum absolute atomic E-state index is 0. The van der Waals surface area contributed by atoms with Gasteiger partial charge in [-0.2, -0.15) is 0 Å². The minimum atomic E-state index is -0.646. The normalized spacial score (nSPS) is 23.5.